The van der Waals surface area contributed by atoms with Crippen molar-refractivity contribution in [3.05, 3.63) is 57.3 Å². The van der Waals surface area contributed by atoms with Crippen LogP contribution in [0.4, 0.5) is 5.69 Å². The highest BCUT2D eigenvalue weighted by Gasteiger charge is 2.28. The van der Waals surface area contributed by atoms with Gasteiger partial charge in [-0.2, -0.15) is 5.26 Å². The molecular weight excluding hydrogens is 368 g/mol. The smallest absolute Gasteiger partial charge is 0.306 e. The molecule has 7 heteroatoms. The molecule has 2 aromatic rings. The quantitative estimate of drug-likeness (QED) is 0.429. The van der Waals surface area contributed by atoms with Gasteiger partial charge in [0, 0.05) is 16.8 Å². The molecule has 0 saturated carbocycles. The molecule has 0 atom stereocenters. The maximum atomic E-state index is 12.4. The van der Waals surface area contributed by atoms with Gasteiger partial charge < -0.3 is 9.64 Å². The van der Waals surface area contributed by atoms with E-state index >= 15 is 0 Å². The summed E-state index contributed by atoms with van der Waals surface area (Å²) >= 11 is 2.95. The molecule has 0 amide bonds. The number of nitrogens with zero attached hydrogens (tertiary/aromatic N) is 2. The van der Waals surface area contributed by atoms with E-state index in [1.165, 1.54) is 11.8 Å². The minimum absolute atomic E-state index is 0.0137. The largest absolute Gasteiger partial charge is 0.457 e. The maximum Gasteiger partial charge on any atom is 0.306 e. The molecule has 2 heterocycles. The van der Waals surface area contributed by atoms with E-state index in [1.807, 2.05) is 59.8 Å². The first kappa shape index (κ1) is 18.2. The number of para-hydroxylation sites is 1. The molecule has 1 aromatic carbocycles. The average Bonchev–Trinajstić information content (AvgIpc) is 3.28. The topological polar surface area (TPSA) is 70.4 Å². The molecule has 0 spiro atoms. The lowest BCUT2D eigenvalue weighted by Crippen LogP contribution is -2.20. The molecule has 5 nitrogen and oxygen atoms in total. The van der Waals surface area contributed by atoms with Crippen LogP contribution in [0.1, 0.15) is 11.3 Å². The lowest BCUT2D eigenvalue weighted by atomic mass is 10.2. The van der Waals surface area contributed by atoms with Crippen LogP contribution in [0.2, 0.25) is 0 Å². The number of hydrogen-bond donors (Lipinski definition) is 0. The Kier molecular flexibility index (Phi) is 5.76. The van der Waals surface area contributed by atoms with Crippen LogP contribution in [0.3, 0.4) is 0 Å². The lowest BCUT2D eigenvalue weighted by molar-refractivity contribution is -0.147. The highest BCUT2D eigenvalue weighted by atomic mass is 32.2. The van der Waals surface area contributed by atoms with Crippen LogP contribution >= 0.6 is 23.1 Å². The Bertz CT molecular complexity index is 898. The minimum atomic E-state index is -0.487. The Labute approximate surface area is 159 Å². The number of Topliss-reactive ketones (excluding diaryl/α,β-unsaturated/α-hetero) is 1. The minimum Gasteiger partial charge on any atom is -0.457 e. The van der Waals surface area contributed by atoms with Crippen molar-refractivity contribution in [2.24, 2.45) is 0 Å². The van der Waals surface area contributed by atoms with Crippen LogP contribution < -0.4 is 4.90 Å². The first-order valence-corrected chi connectivity index (χ1v) is 9.66. The predicted octanol–water partition coefficient (Wildman–Crippen LogP) is 3.77. The van der Waals surface area contributed by atoms with E-state index in [2.05, 4.69) is 0 Å². The van der Waals surface area contributed by atoms with Crippen LogP contribution in [0, 0.1) is 11.3 Å². The number of hydrogen-bond acceptors (Lipinski definition) is 7. The Balaban J connectivity index is 1.61. The number of carbonyl (C=O) groups is 2. The molecule has 132 valence electrons. The van der Waals surface area contributed by atoms with Crippen LogP contribution in [0.25, 0.3) is 0 Å². The van der Waals surface area contributed by atoms with Crippen LogP contribution in [0.15, 0.2) is 57.3 Å². The standard InChI is InChI=1S/C19H16N2O3S2/c1-21-15-6-2-3-7-17(15)26-19(21)14(11-20)16(22)12-24-18(23)9-8-13-5-4-10-25-13/h2-7,10H,8-9,12H2,1H3/b19-14-. The summed E-state index contributed by atoms with van der Waals surface area (Å²) in [6.07, 6.45) is 0.803. The van der Waals surface area contributed by atoms with E-state index in [0.29, 0.717) is 11.4 Å². The van der Waals surface area contributed by atoms with Crippen molar-refractivity contribution < 1.29 is 14.3 Å². The molecule has 3 rings (SSSR count). The number of nitriles is 1. The second-order valence-electron chi connectivity index (χ2n) is 5.58. The van der Waals surface area contributed by atoms with E-state index in [9.17, 15) is 14.9 Å². The van der Waals surface area contributed by atoms with Gasteiger partial charge in [0.25, 0.3) is 0 Å². The summed E-state index contributed by atoms with van der Waals surface area (Å²) in [6, 6.07) is 13.5. The van der Waals surface area contributed by atoms with Gasteiger partial charge in [0.05, 0.1) is 12.1 Å². The summed E-state index contributed by atoms with van der Waals surface area (Å²) in [5.41, 5.74) is 0.959. The number of carbonyl (C=O) groups excluding carboxylic acids is 2. The van der Waals surface area contributed by atoms with Crippen molar-refractivity contribution in [1.29, 1.82) is 5.26 Å². The van der Waals surface area contributed by atoms with E-state index < -0.39 is 18.4 Å². The molecule has 0 bridgehead atoms. The highest BCUT2D eigenvalue weighted by molar-refractivity contribution is 8.03. The van der Waals surface area contributed by atoms with Crippen molar-refractivity contribution in [2.75, 3.05) is 18.6 Å². The molecule has 1 aromatic heterocycles. The van der Waals surface area contributed by atoms with E-state index in [4.69, 9.17) is 4.74 Å². The zero-order chi connectivity index (χ0) is 18.5. The summed E-state index contributed by atoms with van der Waals surface area (Å²) < 4.78 is 5.06. The number of fused-ring (bicyclic) bond motifs is 1. The van der Waals surface area contributed by atoms with Crippen molar-refractivity contribution >= 4 is 40.5 Å². The lowest BCUT2D eigenvalue weighted by Gasteiger charge is -2.14. The van der Waals surface area contributed by atoms with Gasteiger partial charge in [0.15, 0.2) is 6.61 Å². The summed E-state index contributed by atoms with van der Waals surface area (Å²) in [5, 5.41) is 12.0. The average molecular weight is 384 g/mol. The number of esters is 1. The molecular formula is C19H16N2O3S2. The third kappa shape index (κ3) is 3.98. The van der Waals surface area contributed by atoms with Gasteiger partial charge in [-0.3, -0.25) is 9.59 Å². The Morgan fingerprint density at radius 1 is 1.23 bits per heavy atom. The number of thioether (sulfide) groups is 1. The number of anilines is 1. The van der Waals surface area contributed by atoms with Crippen molar-refractivity contribution in [1.82, 2.24) is 0 Å². The number of benzene rings is 1. The second-order valence-corrected chi connectivity index (χ2v) is 7.65. The molecule has 0 unspecified atom stereocenters. The third-order valence-corrected chi connectivity index (χ3v) is 6.03. The fourth-order valence-electron chi connectivity index (χ4n) is 2.52. The fourth-order valence-corrected chi connectivity index (χ4v) is 4.39. The number of ether oxygens (including phenoxy) is 1. The molecule has 1 aliphatic rings. The second kappa shape index (κ2) is 8.21. The Morgan fingerprint density at radius 3 is 2.73 bits per heavy atom. The maximum absolute atomic E-state index is 12.4. The fraction of sp³-hybridized carbons (Fsp3) is 0.211. The first-order valence-electron chi connectivity index (χ1n) is 7.96. The zero-order valence-electron chi connectivity index (χ0n) is 14.1. The number of thiophene rings is 1. The number of ketones is 1. The van der Waals surface area contributed by atoms with E-state index in [0.717, 1.165) is 15.5 Å². The van der Waals surface area contributed by atoms with E-state index in [-0.39, 0.29) is 12.0 Å². The van der Waals surface area contributed by atoms with Crippen LogP contribution in [-0.2, 0) is 20.7 Å². The molecule has 0 radical (unpaired) electrons. The third-order valence-electron chi connectivity index (χ3n) is 3.86. The van der Waals surface area contributed by atoms with E-state index in [1.54, 1.807) is 11.3 Å². The monoisotopic (exact) mass is 384 g/mol. The molecule has 0 fully saturated rings. The predicted molar refractivity (Wildman–Crippen MR) is 102 cm³/mol. The van der Waals surface area contributed by atoms with Gasteiger partial charge >= 0.3 is 5.97 Å². The van der Waals surface area contributed by atoms with Gasteiger partial charge in [-0.15, -0.1) is 11.3 Å². The van der Waals surface area contributed by atoms with Gasteiger partial charge in [-0.05, 0) is 30.0 Å². The van der Waals surface area contributed by atoms with Crippen molar-refractivity contribution in [3.8, 4) is 6.07 Å². The SMILES string of the molecule is CN1/C(=C(\C#N)C(=O)COC(=O)CCc2cccs2)Sc2ccccc21. The number of rotatable bonds is 6. The Hall–Kier alpha value is -2.56. The summed E-state index contributed by atoms with van der Waals surface area (Å²) in [5.74, 6) is -0.927. The van der Waals surface area contributed by atoms with Gasteiger partial charge in [-0.1, -0.05) is 30.0 Å². The van der Waals surface area contributed by atoms with Crippen molar-refractivity contribution in [2.45, 2.75) is 17.7 Å². The molecule has 0 N–H and O–H groups in total. The van der Waals surface area contributed by atoms with Gasteiger partial charge in [-0.25, -0.2) is 0 Å². The first-order chi connectivity index (χ1) is 12.6. The highest BCUT2D eigenvalue weighted by Crippen LogP contribution is 2.46. The van der Waals surface area contributed by atoms with Crippen molar-refractivity contribution in [3.63, 3.8) is 0 Å². The normalized spacial score (nSPS) is 14.5. The van der Waals surface area contributed by atoms with Gasteiger partial charge in [0.1, 0.15) is 16.7 Å². The van der Waals surface area contributed by atoms with Gasteiger partial charge in [0.2, 0.25) is 5.78 Å². The van der Waals surface area contributed by atoms with Crippen LogP contribution in [-0.4, -0.2) is 25.4 Å². The van der Waals surface area contributed by atoms with Crippen LogP contribution in [0.5, 0.6) is 0 Å². The molecule has 0 saturated heterocycles. The summed E-state index contributed by atoms with van der Waals surface area (Å²) in [7, 11) is 1.81. The Morgan fingerprint density at radius 2 is 2.04 bits per heavy atom. The molecule has 26 heavy (non-hydrogen) atoms. The molecule has 1 aliphatic heterocycles. The molecule has 0 aliphatic carbocycles. The summed E-state index contributed by atoms with van der Waals surface area (Å²) in [6.45, 7) is -0.416. The summed E-state index contributed by atoms with van der Waals surface area (Å²) in [4.78, 5) is 28.1. The number of aryl methyl sites for hydroxylation is 1. The zero-order valence-corrected chi connectivity index (χ0v) is 15.7.